The number of hydrogen-bond acceptors (Lipinski definition) is 6. The predicted molar refractivity (Wildman–Crippen MR) is 68.7 cm³/mol. The zero-order chi connectivity index (χ0) is 13.1. The lowest BCUT2D eigenvalue weighted by Gasteiger charge is -1.99. The molecule has 0 aliphatic carbocycles. The lowest BCUT2D eigenvalue weighted by atomic mass is 10.2. The van der Waals surface area contributed by atoms with Crippen molar-refractivity contribution in [3.05, 3.63) is 18.1 Å². The largest absolute Gasteiger partial charge is 0.467 e. The lowest BCUT2D eigenvalue weighted by Crippen LogP contribution is -2.04. The molecule has 2 rings (SSSR count). The van der Waals surface area contributed by atoms with Gasteiger partial charge in [0.1, 0.15) is 0 Å². The minimum absolute atomic E-state index is 0.138. The Bertz CT molecular complexity index is 565. The molecule has 0 aromatic carbocycles. The molecule has 0 atom stereocenters. The van der Waals surface area contributed by atoms with Crippen LogP contribution in [0.3, 0.4) is 0 Å². The number of rotatable bonds is 3. The van der Waals surface area contributed by atoms with E-state index in [-0.39, 0.29) is 5.91 Å². The second-order valence-electron chi connectivity index (χ2n) is 3.57. The number of methoxy groups -OCH3 is 1. The van der Waals surface area contributed by atoms with Crippen LogP contribution in [0.15, 0.2) is 12.4 Å². The van der Waals surface area contributed by atoms with Crippen molar-refractivity contribution >= 4 is 22.4 Å². The summed E-state index contributed by atoms with van der Waals surface area (Å²) in [6.45, 7) is 3.33. The number of anilines is 1. The van der Waals surface area contributed by atoms with Crippen LogP contribution in [0.2, 0.25) is 0 Å². The highest BCUT2D eigenvalue weighted by atomic mass is 32.1. The fraction of sp³-hybridized carbons (Fsp3) is 0.273. The first kappa shape index (κ1) is 12.4. The Labute approximate surface area is 108 Å². The fourth-order valence-corrected chi connectivity index (χ4v) is 2.39. The summed E-state index contributed by atoms with van der Waals surface area (Å²) in [6, 6.07) is 0.322. The van der Waals surface area contributed by atoms with Gasteiger partial charge in [-0.05, 0) is 6.92 Å². The molecule has 0 bridgehead atoms. The summed E-state index contributed by atoms with van der Waals surface area (Å²) in [5.41, 5.74) is 1.68. The maximum atomic E-state index is 11.0. The minimum atomic E-state index is -0.138. The van der Waals surface area contributed by atoms with E-state index in [1.54, 1.807) is 12.4 Å². The van der Waals surface area contributed by atoms with E-state index in [0.717, 1.165) is 16.1 Å². The first-order valence-electron chi connectivity index (χ1n) is 5.21. The van der Waals surface area contributed by atoms with Crippen LogP contribution < -0.4 is 10.1 Å². The first-order chi connectivity index (χ1) is 8.60. The highest BCUT2D eigenvalue weighted by molar-refractivity contribution is 7.19. The van der Waals surface area contributed by atoms with Gasteiger partial charge in [0.05, 0.1) is 17.7 Å². The summed E-state index contributed by atoms with van der Waals surface area (Å²) in [6.07, 6.45) is 3.34. The van der Waals surface area contributed by atoms with E-state index in [9.17, 15) is 4.79 Å². The summed E-state index contributed by atoms with van der Waals surface area (Å²) in [7, 11) is 1.52. The average Bonchev–Trinajstić information content (AvgIpc) is 2.69. The average molecular weight is 264 g/mol. The quantitative estimate of drug-likeness (QED) is 0.915. The molecule has 18 heavy (non-hydrogen) atoms. The van der Waals surface area contributed by atoms with E-state index in [1.165, 1.54) is 25.4 Å². The number of aromatic nitrogens is 3. The SMILES string of the molecule is COc1ncc(-c2sc(NC(C)=O)nc2C)cn1. The number of amides is 1. The zero-order valence-corrected chi connectivity index (χ0v) is 11.0. The number of aryl methyl sites for hydroxylation is 1. The number of carbonyl (C=O) groups is 1. The van der Waals surface area contributed by atoms with E-state index in [4.69, 9.17) is 4.74 Å². The van der Waals surface area contributed by atoms with E-state index in [2.05, 4.69) is 20.3 Å². The second-order valence-corrected chi connectivity index (χ2v) is 4.57. The molecular formula is C11H12N4O2S. The van der Waals surface area contributed by atoms with Crippen molar-refractivity contribution in [2.24, 2.45) is 0 Å². The van der Waals surface area contributed by atoms with Gasteiger partial charge in [0, 0.05) is 24.9 Å². The summed E-state index contributed by atoms with van der Waals surface area (Å²) in [5, 5.41) is 3.24. The van der Waals surface area contributed by atoms with Crippen molar-refractivity contribution < 1.29 is 9.53 Å². The minimum Gasteiger partial charge on any atom is -0.467 e. The molecule has 2 heterocycles. The lowest BCUT2D eigenvalue weighted by molar-refractivity contribution is -0.114. The molecule has 1 amide bonds. The van der Waals surface area contributed by atoms with Crippen molar-refractivity contribution in [3.8, 4) is 16.5 Å². The first-order valence-corrected chi connectivity index (χ1v) is 6.03. The van der Waals surface area contributed by atoms with Gasteiger partial charge in [0.15, 0.2) is 5.13 Å². The molecule has 7 heteroatoms. The topological polar surface area (TPSA) is 77.0 Å². The molecule has 94 valence electrons. The monoisotopic (exact) mass is 264 g/mol. The third-order valence-electron chi connectivity index (χ3n) is 2.15. The van der Waals surface area contributed by atoms with Gasteiger partial charge in [-0.3, -0.25) is 4.79 Å². The zero-order valence-electron chi connectivity index (χ0n) is 10.2. The Hall–Kier alpha value is -2.02. The van der Waals surface area contributed by atoms with Crippen LogP contribution in [0.4, 0.5) is 5.13 Å². The van der Waals surface area contributed by atoms with Crippen LogP contribution >= 0.6 is 11.3 Å². The molecule has 0 unspecified atom stereocenters. The highest BCUT2D eigenvalue weighted by Gasteiger charge is 2.11. The Morgan fingerprint density at radius 3 is 2.61 bits per heavy atom. The van der Waals surface area contributed by atoms with E-state index < -0.39 is 0 Å². The Morgan fingerprint density at radius 1 is 1.39 bits per heavy atom. The molecule has 0 spiro atoms. The normalized spacial score (nSPS) is 10.2. The number of hydrogen-bond donors (Lipinski definition) is 1. The molecule has 0 radical (unpaired) electrons. The van der Waals surface area contributed by atoms with Crippen molar-refractivity contribution in [1.29, 1.82) is 0 Å². The van der Waals surface area contributed by atoms with Gasteiger partial charge in [-0.25, -0.2) is 15.0 Å². The van der Waals surface area contributed by atoms with Crippen LogP contribution in [0.25, 0.3) is 10.4 Å². The predicted octanol–water partition coefficient (Wildman–Crippen LogP) is 1.88. The van der Waals surface area contributed by atoms with Crippen molar-refractivity contribution in [2.75, 3.05) is 12.4 Å². The van der Waals surface area contributed by atoms with Crippen LogP contribution in [0.5, 0.6) is 6.01 Å². The number of nitrogens with one attached hydrogen (secondary N) is 1. The molecule has 0 aliphatic rings. The molecular weight excluding hydrogens is 252 g/mol. The Morgan fingerprint density at radius 2 is 2.06 bits per heavy atom. The summed E-state index contributed by atoms with van der Waals surface area (Å²) >= 11 is 1.39. The van der Waals surface area contributed by atoms with E-state index in [1.807, 2.05) is 6.92 Å². The third-order valence-corrected chi connectivity index (χ3v) is 3.27. The van der Waals surface area contributed by atoms with Gasteiger partial charge in [0.25, 0.3) is 0 Å². The highest BCUT2D eigenvalue weighted by Crippen LogP contribution is 2.32. The summed E-state index contributed by atoms with van der Waals surface area (Å²) < 4.78 is 4.90. The molecule has 0 fully saturated rings. The molecule has 0 saturated heterocycles. The van der Waals surface area contributed by atoms with Crippen LogP contribution in [0.1, 0.15) is 12.6 Å². The molecule has 0 saturated carbocycles. The number of ether oxygens (including phenoxy) is 1. The van der Waals surface area contributed by atoms with Gasteiger partial charge in [-0.1, -0.05) is 11.3 Å². The maximum absolute atomic E-state index is 11.0. The van der Waals surface area contributed by atoms with Gasteiger partial charge in [0.2, 0.25) is 5.91 Å². The number of thiazole rings is 1. The molecule has 6 nitrogen and oxygen atoms in total. The molecule has 0 aliphatic heterocycles. The van der Waals surface area contributed by atoms with Crippen LogP contribution in [0, 0.1) is 6.92 Å². The second kappa shape index (κ2) is 5.09. The fourth-order valence-electron chi connectivity index (χ4n) is 1.41. The van der Waals surface area contributed by atoms with Gasteiger partial charge < -0.3 is 10.1 Å². The number of nitrogens with zero attached hydrogens (tertiary/aromatic N) is 3. The van der Waals surface area contributed by atoms with Crippen molar-refractivity contribution in [2.45, 2.75) is 13.8 Å². The van der Waals surface area contributed by atoms with Gasteiger partial charge in [-0.2, -0.15) is 0 Å². The number of carbonyl (C=O) groups excluding carboxylic acids is 1. The molecule has 2 aromatic rings. The van der Waals surface area contributed by atoms with Crippen molar-refractivity contribution in [3.63, 3.8) is 0 Å². The van der Waals surface area contributed by atoms with Gasteiger partial charge >= 0.3 is 6.01 Å². The Kier molecular flexibility index (Phi) is 3.52. The molecule has 1 N–H and O–H groups in total. The van der Waals surface area contributed by atoms with E-state index in [0.29, 0.717) is 11.1 Å². The molecule has 2 aromatic heterocycles. The van der Waals surface area contributed by atoms with Gasteiger partial charge in [-0.15, -0.1) is 0 Å². The van der Waals surface area contributed by atoms with E-state index >= 15 is 0 Å². The standard InChI is InChI=1S/C11H12N4O2S/c1-6-9(18-11(14-6)15-7(2)16)8-4-12-10(17-3)13-5-8/h4-5H,1-3H3,(H,14,15,16). The summed E-state index contributed by atoms with van der Waals surface area (Å²) in [5.74, 6) is -0.138. The third kappa shape index (κ3) is 2.62. The van der Waals surface area contributed by atoms with Crippen LogP contribution in [-0.4, -0.2) is 28.0 Å². The Balaban J connectivity index is 2.31. The summed E-state index contributed by atoms with van der Waals surface area (Å²) in [4.78, 5) is 24.3. The van der Waals surface area contributed by atoms with Crippen LogP contribution in [-0.2, 0) is 4.79 Å². The maximum Gasteiger partial charge on any atom is 0.316 e. The van der Waals surface area contributed by atoms with Crippen molar-refractivity contribution in [1.82, 2.24) is 15.0 Å². The smallest absolute Gasteiger partial charge is 0.316 e.